The molecule has 0 radical (unpaired) electrons. The van der Waals surface area contributed by atoms with Gasteiger partial charge in [0.05, 0.1) is 11.6 Å². The van der Waals surface area contributed by atoms with E-state index in [4.69, 9.17) is 4.74 Å². The highest BCUT2D eigenvalue weighted by Crippen LogP contribution is 2.38. The minimum Gasteiger partial charge on any atom is -0.496 e. The summed E-state index contributed by atoms with van der Waals surface area (Å²) < 4.78 is 6.30. The van der Waals surface area contributed by atoms with Gasteiger partial charge in [-0.2, -0.15) is 0 Å². The van der Waals surface area contributed by atoms with E-state index < -0.39 is 0 Å². The molecule has 0 spiro atoms. The first kappa shape index (κ1) is 15.5. The fourth-order valence-corrected chi connectivity index (χ4v) is 2.67. The number of halogens is 1. The highest BCUT2D eigenvalue weighted by molar-refractivity contribution is 9.10. The molecule has 1 N–H and O–H groups in total. The summed E-state index contributed by atoms with van der Waals surface area (Å²) in [6.07, 6.45) is 1.13. The summed E-state index contributed by atoms with van der Waals surface area (Å²) in [4.78, 5) is 0. The number of methoxy groups -OCH3 is 1. The van der Waals surface area contributed by atoms with E-state index in [1.165, 1.54) is 5.56 Å². The summed E-state index contributed by atoms with van der Waals surface area (Å²) in [5, 5.41) is 3.59. The van der Waals surface area contributed by atoms with Gasteiger partial charge in [0.25, 0.3) is 0 Å². The van der Waals surface area contributed by atoms with Crippen LogP contribution in [0.3, 0.4) is 0 Å². The van der Waals surface area contributed by atoms with Crippen molar-refractivity contribution in [3.63, 3.8) is 0 Å². The Hall–Kier alpha value is -0.540. The molecule has 0 aliphatic heterocycles. The maximum Gasteiger partial charge on any atom is 0.133 e. The summed E-state index contributed by atoms with van der Waals surface area (Å²) in [6.45, 7) is 9.97. The Kier molecular flexibility index (Phi) is 5.67. The molecule has 0 aromatic heterocycles. The van der Waals surface area contributed by atoms with Crippen LogP contribution in [0, 0.1) is 5.41 Å². The molecule has 18 heavy (non-hydrogen) atoms. The Balaban J connectivity index is 3.10. The maximum atomic E-state index is 5.28. The zero-order chi connectivity index (χ0) is 13.8. The van der Waals surface area contributed by atoms with E-state index in [0.29, 0.717) is 6.04 Å². The van der Waals surface area contributed by atoms with Crippen molar-refractivity contribution in [1.29, 1.82) is 0 Å². The molecule has 1 aromatic rings. The summed E-state index contributed by atoms with van der Waals surface area (Å²) >= 11 is 3.56. The van der Waals surface area contributed by atoms with E-state index in [1.807, 2.05) is 6.07 Å². The molecule has 2 nitrogen and oxygen atoms in total. The quantitative estimate of drug-likeness (QED) is 0.832. The zero-order valence-corrected chi connectivity index (χ0v) is 13.6. The van der Waals surface area contributed by atoms with E-state index in [9.17, 15) is 0 Å². The van der Waals surface area contributed by atoms with E-state index >= 15 is 0 Å². The topological polar surface area (TPSA) is 21.3 Å². The number of hydrogen-bond donors (Lipinski definition) is 1. The van der Waals surface area contributed by atoms with Crippen molar-refractivity contribution >= 4 is 15.9 Å². The van der Waals surface area contributed by atoms with E-state index in [2.05, 4.69) is 61.1 Å². The van der Waals surface area contributed by atoms with Crippen LogP contribution in [0.2, 0.25) is 0 Å². The van der Waals surface area contributed by atoms with Crippen LogP contribution >= 0.6 is 15.9 Å². The van der Waals surface area contributed by atoms with Crippen LogP contribution in [0.4, 0.5) is 0 Å². The van der Waals surface area contributed by atoms with Crippen molar-refractivity contribution in [1.82, 2.24) is 5.32 Å². The SMILES string of the molecule is CCNC(c1ccc(OC)c(Br)c1)C(C)(C)CC. The second-order valence-corrected chi connectivity index (χ2v) is 6.08. The first-order valence-corrected chi connectivity index (χ1v) is 7.32. The lowest BCUT2D eigenvalue weighted by molar-refractivity contribution is 0.237. The van der Waals surface area contributed by atoms with Crippen molar-refractivity contribution < 1.29 is 4.74 Å². The van der Waals surface area contributed by atoms with Gasteiger partial charge in [-0.05, 0) is 52.0 Å². The van der Waals surface area contributed by atoms with Gasteiger partial charge in [-0.1, -0.05) is 33.8 Å². The number of benzene rings is 1. The van der Waals surface area contributed by atoms with Gasteiger partial charge in [-0.15, -0.1) is 0 Å². The molecule has 0 amide bonds. The zero-order valence-electron chi connectivity index (χ0n) is 12.0. The van der Waals surface area contributed by atoms with Gasteiger partial charge in [-0.25, -0.2) is 0 Å². The van der Waals surface area contributed by atoms with Gasteiger partial charge in [-0.3, -0.25) is 0 Å². The van der Waals surface area contributed by atoms with Gasteiger partial charge >= 0.3 is 0 Å². The third-order valence-electron chi connectivity index (χ3n) is 3.61. The van der Waals surface area contributed by atoms with E-state index in [0.717, 1.165) is 23.2 Å². The van der Waals surface area contributed by atoms with Crippen LogP contribution in [0.25, 0.3) is 0 Å². The third-order valence-corrected chi connectivity index (χ3v) is 4.23. The smallest absolute Gasteiger partial charge is 0.133 e. The van der Waals surface area contributed by atoms with Crippen LogP contribution in [-0.2, 0) is 0 Å². The third kappa shape index (κ3) is 3.48. The molecule has 0 aliphatic carbocycles. The number of rotatable bonds is 6. The second kappa shape index (κ2) is 6.58. The molecule has 0 aliphatic rings. The van der Waals surface area contributed by atoms with Gasteiger partial charge in [0.1, 0.15) is 5.75 Å². The van der Waals surface area contributed by atoms with Gasteiger partial charge in [0.15, 0.2) is 0 Å². The predicted molar refractivity (Wildman–Crippen MR) is 81.2 cm³/mol. The summed E-state index contributed by atoms with van der Waals surface area (Å²) in [5.74, 6) is 0.878. The van der Waals surface area contributed by atoms with E-state index in [-0.39, 0.29) is 5.41 Å². The Morgan fingerprint density at radius 1 is 1.33 bits per heavy atom. The van der Waals surface area contributed by atoms with Crippen LogP contribution in [0.5, 0.6) is 5.75 Å². The fraction of sp³-hybridized carbons (Fsp3) is 0.600. The number of hydrogen-bond acceptors (Lipinski definition) is 2. The molecule has 0 saturated carbocycles. The Bertz CT molecular complexity index is 390. The monoisotopic (exact) mass is 313 g/mol. The molecule has 0 bridgehead atoms. The van der Waals surface area contributed by atoms with Crippen molar-refractivity contribution in [2.45, 2.75) is 40.2 Å². The molecule has 3 heteroatoms. The van der Waals surface area contributed by atoms with Gasteiger partial charge in [0, 0.05) is 6.04 Å². The maximum absolute atomic E-state index is 5.28. The summed E-state index contributed by atoms with van der Waals surface area (Å²) in [7, 11) is 1.69. The molecule has 1 aromatic carbocycles. The molecular formula is C15H24BrNO. The first-order chi connectivity index (χ1) is 8.46. The van der Waals surface area contributed by atoms with Gasteiger partial charge in [0.2, 0.25) is 0 Å². The Labute approximate surface area is 119 Å². The standard InChI is InChI=1S/C15H24BrNO/c1-6-15(3,4)14(17-7-2)11-8-9-13(18-5)12(16)10-11/h8-10,14,17H,6-7H2,1-5H3. The molecule has 1 atom stereocenters. The second-order valence-electron chi connectivity index (χ2n) is 5.23. The molecule has 1 rings (SSSR count). The van der Waals surface area contributed by atoms with Crippen molar-refractivity contribution in [3.05, 3.63) is 28.2 Å². The largest absolute Gasteiger partial charge is 0.496 e. The van der Waals surface area contributed by atoms with Crippen LogP contribution in [0.15, 0.2) is 22.7 Å². The Morgan fingerprint density at radius 3 is 2.44 bits per heavy atom. The summed E-state index contributed by atoms with van der Waals surface area (Å²) in [5.41, 5.74) is 1.53. The van der Waals surface area contributed by atoms with Crippen molar-refractivity contribution in [3.8, 4) is 5.75 Å². The average Bonchev–Trinajstić information content (AvgIpc) is 2.35. The minimum atomic E-state index is 0.226. The lowest BCUT2D eigenvalue weighted by Gasteiger charge is -2.34. The van der Waals surface area contributed by atoms with Crippen LogP contribution in [0.1, 0.15) is 45.7 Å². The van der Waals surface area contributed by atoms with Crippen molar-refractivity contribution in [2.24, 2.45) is 5.41 Å². The molecule has 1 unspecified atom stereocenters. The number of nitrogens with one attached hydrogen (secondary N) is 1. The summed E-state index contributed by atoms with van der Waals surface area (Å²) in [6, 6.07) is 6.68. The lowest BCUT2D eigenvalue weighted by atomic mass is 9.78. The number of ether oxygens (including phenoxy) is 1. The Morgan fingerprint density at radius 2 is 2.00 bits per heavy atom. The predicted octanol–water partition coefficient (Wildman–Crippen LogP) is 4.54. The molecule has 0 fully saturated rings. The molecular weight excluding hydrogens is 290 g/mol. The van der Waals surface area contributed by atoms with Gasteiger partial charge < -0.3 is 10.1 Å². The van der Waals surface area contributed by atoms with Crippen LogP contribution in [-0.4, -0.2) is 13.7 Å². The molecule has 0 heterocycles. The first-order valence-electron chi connectivity index (χ1n) is 6.53. The highest BCUT2D eigenvalue weighted by atomic mass is 79.9. The minimum absolute atomic E-state index is 0.226. The lowest BCUT2D eigenvalue weighted by Crippen LogP contribution is -2.33. The van der Waals surface area contributed by atoms with Crippen molar-refractivity contribution in [2.75, 3.05) is 13.7 Å². The highest BCUT2D eigenvalue weighted by Gasteiger charge is 2.28. The van der Waals surface area contributed by atoms with Crippen LogP contribution < -0.4 is 10.1 Å². The molecule has 102 valence electrons. The molecule has 0 saturated heterocycles. The average molecular weight is 314 g/mol. The normalized spacial score (nSPS) is 13.4. The fourth-order valence-electron chi connectivity index (χ4n) is 2.12. The van der Waals surface area contributed by atoms with E-state index in [1.54, 1.807) is 7.11 Å².